The standard InChI is InChI=1S/C16H24N2O/c1-12-8-7-9-13(2)15(12)17-16(19)14(3)18-10-5-4-6-11-18/h7-9,14H,4-6,10-11H2,1-3H3,(H,17,19)/p+1/t14-/m0/s1. The minimum atomic E-state index is 0.0410. The van der Waals surface area contributed by atoms with Gasteiger partial charge in [-0.1, -0.05) is 18.2 Å². The molecule has 1 amide bonds. The fourth-order valence-corrected chi connectivity index (χ4v) is 2.87. The normalized spacial score (nSPS) is 18.1. The van der Waals surface area contributed by atoms with E-state index in [4.69, 9.17) is 0 Å². The number of benzene rings is 1. The third kappa shape index (κ3) is 3.35. The molecule has 19 heavy (non-hydrogen) atoms. The maximum absolute atomic E-state index is 12.4. The fraction of sp³-hybridized carbons (Fsp3) is 0.562. The van der Waals surface area contributed by atoms with Gasteiger partial charge >= 0.3 is 0 Å². The first-order valence-electron chi connectivity index (χ1n) is 7.31. The van der Waals surface area contributed by atoms with Crippen molar-refractivity contribution in [3.8, 4) is 0 Å². The number of anilines is 1. The third-order valence-corrected chi connectivity index (χ3v) is 4.23. The summed E-state index contributed by atoms with van der Waals surface area (Å²) in [6.07, 6.45) is 3.81. The number of piperidine rings is 1. The summed E-state index contributed by atoms with van der Waals surface area (Å²) < 4.78 is 0. The summed E-state index contributed by atoms with van der Waals surface area (Å²) in [6, 6.07) is 6.15. The lowest BCUT2D eigenvalue weighted by Crippen LogP contribution is -3.17. The van der Waals surface area contributed by atoms with E-state index in [2.05, 4.69) is 5.32 Å². The van der Waals surface area contributed by atoms with Crippen molar-refractivity contribution in [1.29, 1.82) is 0 Å². The Hall–Kier alpha value is -1.35. The Balaban J connectivity index is 2.04. The van der Waals surface area contributed by atoms with E-state index < -0.39 is 0 Å². The number of likely N-dealkylation sites (tertiary alicyclic amines) is 1. The van der Waals surface area contributed by atoms with Gasteiger partial charge in [-0.3, -0.25) is 4.79 Å². The lowest BCUT2D eigenvalue weighted by molar-refractivity contribution is -0.918. The van der Waals surface area contributed by atoms with E-state index in [0.717, 1.165) is 29.9 Å². The molecule has 1 aliphatic rings. The Morgan fingerprint density at radius 1 is 1.16 bits per heavy atom. The second kappa shape index (κ2) is 6.20. The zero-order valence-corrected chi connectivity index (χ0v) is 12.3. The van der Waals surface area contributed by atoms with Crippen LogP contribution in [0.25, 0.3) is 0 Å². The molecule has 1 saturated heterocycles. The van der Waals surface area contributed by atoms with E-state index in [1.54, 1.807) is 0 Å². The highest BCUT2D eigenvalue weighted by atomic mass is 16.2. The van der Waals surface area contributed by atoms with Crippen LogP contribution in [0, 0.1) is 13.8 Å². The van der Waals surface area contributed by atoms with Gasteiger partial charge in [0.2, 0.25) is 0 Å². The number of carbonyl (C=O) groups excluding carboxylic acids is 1. The van der Waals surface area contributed by atoms with Crippen LogP contribution in [0.2, 0.25) is 0 Å². The highest BCUT2D eigenvalue weighted by Crippen LogP contribution is 2.19. The molecule has 0 aliphatic carbocycles. The summed E-state index contributed by atoms with van der Waals surface area (Å²) in [5.74, 6) is 0.148. The van der Waals surface area contributed by atoms with E-state index in [1.165, 1.54) is 24.2 Å². The molecule has 1 aromatic rings. The molecular formula is C16H25N2O+. The molecule has 0 bridgehead atoms. The number of aryl methyl sites for hydroxylation is 2. The summed E-state index contributed by atoms with van der Waals surface area (Å²) in [4.78, 5) is 13.8. The topological polar surface area (TPSA) is 33.5 Å². The Morgan fingerprint density at radius 2 is 1.74 bits per heavy atom. The van der Waals surface area contributed by atoms with Crippen molar-refractivity contribution < 1.29 is 9.69 Å². The summed E-state index contributed by atoms with van der Waals surface area (Å²) in [5.41, 5.74) is 3.25. The minimum absolute atomic E-state index is 0.0410. The maximum Gasteiger partial charge on any atom is 0.282 e. The smallest absolute Gasteiger partial charge is 0.282 e. The molecule has 0 unspecified atom stereocenters. The monoisotopic (exact) mass is 261 g/mol. The average Bonchev–Trinajstić information content (AvgIpc) is 2.43. The Labute approximate surface area is 116 Å². The van der Waals surface area contributed by atoms with Crippen LogP contribution in [0.3, 0.4) is 0 Å². The van der Waals surface area contributed by atoms with Crippen LogP contribution in [-0.4, -0.2) is 25.0 Å². The van der Waals surface area contributed by atoms with Crippen molar-refractivity contribution in [1.82, 2.24) is 0 Å². The lowest BCUT2D eigenvalue weighted by Gasteiger charge is -2.28. The molecule has 1 aromatic carbocycles. The molecule has 0 radical (unpaired) electrons. The largest absolute Gasteiger partial charge is 0.325 e. The molecule has 1 fully saturated rings. The summed E-state index contributed by atoms with van der Waals surface area (Å²) in [7, 11) is 0. The van der Waals surface area contributed by atoms with E-state index in [9.17, 15) is 4.79 Å². The van der Waals surface area contributed by atoms with Gasteiger partial charge in [0.15, 0.2) is 6.04 Å². The SMILES string of the molecule is Cc1cccc(C)c1NC(=O)[C@H](C)[NH+]1CCCCC1. The molecule has 2 rings (SSSR count). The van der Waals surface area contributed by atoms with Gasteiger partial charge in [0.25, 0.3) is 5.91 Å². The highest BCUT2D eigenvalue weighted by molar-refractivity contribution is 5.95. The van der Waals surface area contributed by atoms with E-state index in [0.29, 0.717) is 0 Å². The Kier molecular flexibility index (Phi) is 4.59. The maximum atomic E-state index is 12.4. The predicted molar refractivity (Wildman–Crippen MR) is 78.6 cm³/mol. The van der Waals surface area contributed by atoms with Gasteiger partial charge in [-0.2, -0.15) is 0 Å². The number of carbonyl (C=O) groups is 1. The minimum Gasteiger partial charge on any atom is -0.325 e. The van der Waals surface area contributed by atoms with Crippen molar-refractivity contribution in [3.63, 3.8) is 0 Å². The first kappa shape index (κ1) is 14.1. The number of rotatable bonds is 3. The molecule has 1 atom stereocenters. The van der Waals surface area contributed by atoms with Crippen LogP contribution < -0.4 is 10.2 Å². The summed E-state index contributed by atoms with van der Waals surface area (Å²) >= 11 is 0. The van der Waals surface area contributed by atoms with Gasteiger partial charge in [-0.15, -0.1) is 0 Å². The first-order chi connectivity index (χ1) is 9.09. The van der Waals surface area contributed by atoms with Crippen LogP contribution in [0.5, 0.6) is 0 Å². The molecule has 3 nitrogen and oxygen atoms in total. The number of hydrogen-bond acceptors (Lipinski definition) is 1. The molecule has 2 N–H and O–H groups in total. The molecule has 104 valence electrons. The van der Waals surface area contributed by atoms with Crippen molar-refractivity contribution in [3.05, 3.63) is 29.3 Å². The van der Waals surface area contributed by atoms with E-state index in [-0.39, 0.29) is 11.9 Å². The van der Waals surface area contributed by atoms with Gasteiger partial charge in [-0.05, 0) is 51.2 Å². The van der Waals surface area contributed by atoms with Gasteiger partial charge in [0, 0.05) is 5.69 Å². The molecular weight excluding hydrogens is 236 g/mol. The van der Waals surface area contributed by atoms with Crippen LogP contribution in [0.15, 0.2) is 18.2 Å². The molecule has 0 spiro atoms. The highest BCUT2D eigenvalue weighted by Gasteiger charge is 2.26. The first-order valence-corrected chi connectivity index (χ1v) is 7.31. The van der Waals surface area contributed by atoms with Crippen LogP contribution >= 0.6 is 0 Å². The zero-order chi connectivity index (χ0) is 13.8. The fourth-order valence-electron chi connectivity index (χ4n) is 2.87. The van der Waals surface area contributed by atoms with E-state index >= 15 is 0 Å². The second-order valence-electron chi connectivity index (χ2n) is 5.70. The number of hydrogen-bond donors (Lipinski definition) is 2. The van der Waals surface area contributed by atoms with Crippen LogP contribution in [0.4, 0.5) is 5.69 Å². The second-order valence-corrected chi connectivity index (χ2v) is 5.70. The molecule has 1 heterocycles. The van der Waals surface area contributed by atoms with Crippen molar-refractivity contribution in [2.24, 2.45) is 0 Å². The van der Waals surface area contributed by atoms with Crippen molar-refractivity contribution >= 4 is 11.6 Å². The number of para-hydroxylation sites is 1. The Morgan fingerprint density at radius 3 is 2.32 bits per heavy atom. The van der Waals surface area contributed by atoms with Crippen LogP contribution in [0.1, 0.15) is 37.3 Å². The van der Waals surface area contributed by atoms with E-state index in [1.807, 2.05) is 39.0 Å². The quantitative estimate of drug-likeness (QED) is 0.853. The lowest BCUT2D eigenvalue weighted by atomic mass is 10.1. The number of amides is 1. The zero-order valence-electron chi connectivity index (χ0n) is 12.3. The number of nitrogens with one attached hydrogen (secondary N) is 2. The number of quaternary nitrogens is 1. The molecule has 1 aliphatic heterocycles. The van der Waals surface area contributed by atoms with Crippen LogP contribution in [-0.2, 0) is 4.79 Å². The molecule has 0 aromatic heterocycles. The average molecular weight is 261 g/mol. The summed E-state index contributed by atoms with van der Waals surface area (Å²) in [5, 5.41) is 3.12. The van der Waals surface area contributed by atoms with Gasteiger partial charge in [0.05, 0.1) is 13.1 Å². The predicted octanol–water partition coefficient (Wildman–Crippen LogP) is 1.70. The van der Waals surface area contributed by atoms with Gasteiger partial charge in [0.1, 0.15) is 0 Å². The van der Waals surface area contributed by atoms with Gasteiger partial charge < -0.3 is 10.2 Å². The third-order valence-electron chi connectivity index (χ3n) is 4.23. The summed E-state index contributed by atoms with van der Waals surface area (Å²) in [6.45, 7) is 8.38. The van der Waals surface area contributed by atoms with Gasteiger partial charge in [-0.25, -0.2) is 0 Å². The van der Waals surface area contributed by atoms with Crippen molar-refractivity contribution in [2.45, 2.75) is 46.1 Å². The Bertz CT molecular complexity index is 430. The molecule has 0 saturated carbocycles. The molecule has 3 heteroatoms. The van der Waals surface area contributed by atoms with Crippen molar-refractivity contribution in [2.75, 3.05) is 18.4 Å².